The van der Waals surface area contributed by atoms with Crippen molar-refractivity contribution in [1.29, 1.82) is 0 Å². The highest BCUT2D eigenvalue weighted by Gasteiger charge is 2.17. The summed E-state index contributed by atoms with van der Waals surface area (Å²) in [5.41, 5.74) is 0. The number of nitrogens with zero attached hydrogens (tertiary/aromatic N) is 1. The third kappa shape index (κ3) is 8.14. The number of amides is 1. The van der Waals surface area contributed by atoms with E-state index in [1.807, 2.05) is 0 Å². The Morgan fingerprint density at radius 2 is 2.11 bits per heavy atom. The van der Waals surface area contributed by atoms with E-state index in [9.17, 15) is 4.79 Å². The summed E-state index contributed by atoms with van der Waals surface area (Å²) < 4.78 is 0. The van der Waals surface area contributed by atoms with Crippen LogP contribution >= 0.6 is 24.8 Å². The van der Waals surface area contributed by atoms with E-state index in [0.717, 1.165) is 32.6 Å². The molecule has 0 aromatic carbocycles. The molecule has 1 rings (SSSR count). The van der Waals surface area contributed by atoms with Crippen LogP contribution in [0.1, 0.15) is 26.7 Å². The first-order valence-corrected chi connectivity index (χ1v) is 6.27. The average Bonchev–Trinajstić information content (AvgIpc) is 2.70. The van der Waals surface area contributed by atoms with Gasteiger partial charge in [0, 0.05) is 25.6 Å². The first-order chi connectivity index (χ1) is 7.59. The summed E-state index contributed by atoms with van der Waals surface area (Å²) >= 11 is 0. The molecule has 2 N–H and O–H groups in total. The normalized spacial score (nSPS) is 18.4. The molecule has 6 heteroatoms. The van der Waals surface area contributed by atoms with Crippen molar-refractivity contribution in [2.24, 2.45) is 5.92 Å². The minimum absolute atomic E-state index is 0. The Kier molecular flexibility index (Phi) is 12.2. The predicted octanol–water partition coefficient (Wildman–Crippen LogP) is 1.29. The van der Waals surface area contributed by atoms with E-state index >= 15 is 0 Å². The van der Waals surface area contributed by atoms with Crippen LogP contribution in [0.2, 0.25) is 0 Å². The Balaban J connectivity index is 0. The zero-order valence-electron chi connectivity index (χ0n) is 11.6. The van der Waals surface area contributed by atoms with Gasteiger partial charge < -0.3 is 15.5 Å². The van der Waals surface area contributed by atoms with Crippen LogP contribution in [0.4, 0.5) is 0 Å². The summed E-state index contributed by atoms with van der Waals surface area (Å²) in [5, 5.41) is 6.27. The fourth-order valence-electron chi connectivity index (χ4n) is 1.85. The lowest BCUT2D eigenvalue weighted by molar-refractivity contribution is -0.121. The van der Waals surface area contributed by atoms with Gasteiger partial charge in [0.1, 0.15) is 0 Å². The second kappa shape index (κ2) is 10.9. The summed E-state index contributed by atoms with van der Waals surface area (Å²) in [4.78, 5) is 13.8. The third-order valence-corrected chi connectivity index (χ3v) is 3.30. The lowest BCUT2D eigenvalue weighted by Crippen LogP contribution is -2.36. The van der Waals surface area contributed by atoms with Crippen LogP contribution in [0, 0.1) is 5.92 Å². The summed E-state index contributed by atoms with van der Waals surface area (Å²) in [6.07, 6.45) is 1.82. The van der Waals surface area contributed by atoms with Gasteiger partial charge >= 0.3 is 0 Å². The fraction of sp³-hybridized carbons (Fsp3) is 0.917. The molecule has 4 nitrogen and oxygen atoms in total. The predicted molar refractivity (Wildman–Crippen MR) is 80.9 cm³/mol. The molecular formula is C12H27Cl2N3O. The van der Waals surface area contributed by atoms with Gasteiger partial charge in [-0.05, 0) is 46.3 Å². The van der Waals surface area contributed by atoms with Gasteiger partial charge in [0.15, 0.2) is 0 Å². The maximum absolute atomic E-state index is 11.6. The molecule has 1 aliphatic heterocycles. The number of carbonyl (C=O) groups is 1. The first-order valence-electron chi connectivity index (χ1n) is 6.27. The fourth-order valence-corrected chi connectivity index (χ4v) is 1.85. The molecule has 0 spiro atoms. The highest BCUT2D eigenvalue weighted by Crippen LogP contribution is 2.11. The average molecular weight is 300 g/mol. The largest absolute Gasteiger partial charge is 0.355 e. The van der Waals surface area contributed by atoms with E-state index in [1.165, 1.54) is 0 Å². The number of halogens is 2. The van der Waals surface area contributed by atoms with Crippen LogP contribution in [0.3, 0.4) is 0 Å². The summed E-state index contributed by atoms with van der Waals surface area (Å²) in [5.74, 6) is 0.744. The van der Waals surface area contributed by atoms with Gasteiger partial charge in [-0.25, -0.2) is 0 Å². The van der Waals surface area contributed by atoms with Gasteiger partial charge in [-0.2, -0.15) is 0 Å². The second-order valence-corrected chi connectivity index (χ2v) is 4.99. The van der Waals surface area contributed by atoms with Crippen LogP contribution in [0.15, 0.2) is 0 Å². The molecule has 0 aliphatic carbocycles. The molecule has 0 aromatic heterocycles. The highest BCUT2D eigenvalue weighted by atomic mass is 35.5. The highest BCUT2D eigenvalue weighted by molar-refractivity contribution is 5.85. The van der Waals surface area contributed by atoms with Gasteiger partial charge in [-0.1, -0.05) is 0 Å². The minimum atomic E-state index is 0. The van der Waals surface area contributed by atoms with Gasteiger partial charge in [-0.15, -0.1) is 24.8 Å². The van der Waals surface area contributed by atoms with Crippen LogP contribution in [-0.2, 0) is 4.79 Å². The Labute approximate surface area is 123 Å². The molecule has 1 aliphatic rings. The number of hydrogen-bond acceptors (Lipinski definition) is 3. The zero-order chi connectivity index (χ0) is 12.0. The van der Waals surface area contributed by atoms with Crippen molar-refractivity contribution in [3.05, 3.63) is 0 Å². The quantitative estimate of drug-likeness (QED) is 0.777. The zero-order valence-corrected chi connectivity index (χ0v) is 13.2. The summed E-state index contributed by atoms with van der Waals surface area (Å²) in [6.45, 7) is 8.06. The lowest BCUT2D eigenvalue weighted by Gasteiger charge is -2.21. The number of hydrogen-bond donors (Lipinski definition) is 2. The van der Waals surface area contributed by atoms with E-state index < -0.39 is 0 Å². The van der Waals surface area contributed by atoms with Gasteiger partial charge in [0.2, 0.25) is 5.91 Å². The van der Waals surface area contributed by atoms with E-state index in [2.05, 4.69) is 36.4 Å². The number of carbonyl (C=O) groups excluding carboxylic acids is 1. The van der Waals surface area contributed by atoms with E-state index in [1.54, 1.807) is 0 Å². The molecule has 1 saturated heterocycles. The van der Waals surface area contributed by atoms with E-state index in [4.69, 9.17) is 0 Å². The van der Waals surface area contributed by atoms with Crippen molar-refractivity contribution >= 4 is 30.7 Å². The first kappa shape index (κ1) is 20.3. The Morgan fingerprint density at radius 1 is 1.44 bits per heavy atom. The van der Waals surface area contributed by atoms with Crippen LogP contribution in [-0.4, -0.2) is 50.1 Å². The lowest BCUT2D eigenvalue weighted by atomic mass is 10.0. The van der Waals surface area contributed by atoms with E-state index in [0.29, 0.717) is 18.4 Å². The second-order valence-electron chi connectivity index (χ2n) is 4.99. The maximum atomic E-state index is 11.6. The van der Waals surface area contributed by atoms with Crippen LogP contribution < -0.4 is 10.6 Å². The molecule has 18 heavy (non-hydrogen) atoms. The molecule has 110 valence electrons. The molecule has 1 heterocycles. The van der Waals surface area contributed by atoms with Gasteiger partial charge in [0.25, 0.3) is 0 Å². The van der Waals surface area contributed by atoms with Crippen molar-refractivity contribution in [3.8, 4) is 0 Å². The summed E-state index contributed by atoms with van der Waals surface area (Å²) in [6, 6.07) is 0.538. The van der Waals surface area contributed by atoms with Crippen molar-refractivity contribution < 1.29 is 4.79 Å². The molecule has 1 unspecified atom stereocenters. The molecule has 0 aromatic rings. The standard InChI is InChI=1S/C12H25N3O.2ClH/c1-10(2)15(3)7-6-14-12(16)8-11-4-5-13-9-11;;/h10-11,13H,4-9H2,1-3H3,(H,14,16);2*1H. The van der Waals surface area contributed by atoms with Crippen molar-refractivity contribution in [3.63, 3.8) is 0 Å². The molecular weight excluding hydrogens is 273 g/mol. The van der Waals surface area contributed by atoms with Gasteiger partial charge in [-0.3, -0.25) is 4.79 Å². The van der Waals surface area contributed by atoms with Crippen LogP contribution in [0.5, 0.6) is 0 Å². The summed E-state index contributed by atoms with van der Waals surface area (Å²) in [7, 11) is 2.08. The Bertz CT molecular complexity index is 221. The molecule has 0 bridgehead atoms. The maximum Gasteiger partial charge on any atom is 0.220 e. The molecule has 1 amide bonds. The molecule has 1 fully saturated rings. The molecule has 1 atom stereocenters. The van der Waals surface area contributed by atoms with E-state index in [-0.39, 0.29) is 30.7 Å². The number of rotatable bonds is 6. The number of nitrogens with one attached hydrogen (secondary N) is 2. The Hall–Kier alpha value is -0.0300. The monoisotopic (exact) mass is 299 g/mol. The van der Waals surface area contributed by atoms with Crippen molar-refractivity contribution in [2.45, 2.75) is 32.7 Å². The van der Waals surface area contributed by atoms with Crippen molar-refractivity contribution in [2.75, 3.05) is 33.2 Å². The van der Waals surface area contributed by atoms with Crippen molar-refractivity contribution in [1.82, 2.24) is 15.5 Å². The third-order valence-electron chi connectivity index (χ3n) is 3.30. The smallest absolute Gasteiger partial charge is 0.220 e. The number of likely N-dealkylation sites (N-methyl/N-ethyl adjacent to an activating group) is 1. The topological polar surface area (TPSA) is 44.4 Å². The van der Waals surface area contributed by atoms with Gasteiger partial charge in [0.05, 0.1) is 0 Å². The SMILES string of the molecule is CC(C)N(C)CCNC(=O)CC1CCNC1.Cl.Cl. The Morgan fingerprint density at radius 3 is 2.61 bits per heavy atom. The van der Waals surface area contributed by atoms with Crippen LogP contribution in [0.25, 0.3) is 0 Å². The minimum Gasteiger partial charge on any atom is -0.355 e. The molecule has 0 saturated carbocycles. The molecule has 0 radical (unpaired) electrons.